The van der Waals surface area contributed by atoms with E-state index in [9.17, 15) is 0 Å². The molecule has 0 atom stereocenters. The molecule has 0 radical (unpaired) electrons. The highest BCUT2D eigenvalue weighted by molar-refractivity contribution is 6.13. The highest BCUT2D eigenvalue weighted by Crippen LogP contribution is 2.46. The van der Waals surface area contributed by atoms with E-state index in [1.807, 2.05) is 24.3 Å². The minimum Gasteiger partial charge on any atom is -0.308 e. The van der Waals surface area contributed by atoms with Crippen molar-refractivity contribution in [3.05, 3.63) is 303 Å². The van der Waals surface area contributed by atoms with Crippen molar-refractivity contribution >= 4 is 21.8 Å². The second-order valence-electron chi connectivity index (χ2n) is 20.0. The fraction of sp³-hybridized carbons (Fsp3) is 0. The van der Waals surface area contributed by atoms with Gasteiger partial charge in [-0.2, -0.15) is 0 Å². The Bertz CT molecular complexity index is 4260. The molecule has 2 heterocycles. The van der Waals surface area contributed by atoms with E-state index >= 15 is 0 Å². The molecule has 4 nitrogen and oxygen atoms in total. The van der Waals surface area contributed by atoms with E-state index < -0.39 is 0 Å². The largest absolute Gasteiger partial charge is 0.308 e. The molecule has 0 bridgehead atoms. The van der Waals surface area contributed by atoms with Crippen LogP contribution in [0.15, 0.2) is 303 Å². The van der Waals surface area contributed by atoms with Gasteiger partial charge in [-0.1, -0.05) is 261 Å². The van der Waals surface area contributed by atoms with E-state index in [-0.39, 0.29) is 0 Å². The Balaban J connectivity index is 1.07. The summed E-state index contributed by atoms with van der Waals surface area (Å²) in [7, 11) is 0. The molecule has 79 heavy (non-hydrogen) atoms. The van der Waals surface area contributed by atoms with Gasteiger partial charge in [0.05, 0.1) is 16.7 Å². The van der Waals surface area contributed by atoms with Crippen LogP contribution < -0.4 is 0 Å². The quantitative estimate of drug-likeness (QED) is 0.130. The van der Waals surface area contributed by atoms with Crippen LogP contribution in [0.3, 0.4) is 0 Å². The normalized spacial score (nSPS) is 11.3. The third-order valence-corrected chi connectivity index (χ3v) is 15.1. The molecule has 0 spiro atoms. The summed E-state index contributed by atoms with van der Waals surface area (Å²) in [6.07, 6.45) is 0. The molecular formula is C75H50N4. The van der Waals surface area contributed by atoms with Crippen molar-refractivity contribution in [3.8, 4) is 118 Å². The molecular weight excluding hydrogens is 957 g/mol. The van der Waals surface area contributed by atoms with Crippen LogP contribution in [0, 0.1) is 0 Å². The van der Waals surface area contributed by atoms with E-state index in [0.717, 1.165) is 100 Å². The van der Waals surface area contributed by atoms with Crippen LogP contribution in [-0.4, -0.2) is 19.5 Å². The Hall–Kier alpha value is -10.6. The Kier molecular flexibility index (Phi) is 12.2. The maximum atomic E-state index is 5.45. The van der Waals surface area contributed by atoms with Gasteiger partial charge < -0.3 is 4.57 Å². The summed E-state index contributed by atoms with van der Waals surface area (Å²) >= 11 is 0. The minimum absolute atomic E-state index is 0.576. The van der Waals surface area contributed by atoms with Gasteiger partial charge in [0.1, 0.15) is 0 Å². The van der Waals surface area contributed by atoms with Crippen molar-refractivity contribution < 1.29 is 0 Å². The highest BCUT2D eigenvalue weighted by Gasteiger charge is 2.24. The van der Waals surface area contributed by atoms with Crippen LogP contribution in [0.1, 0.15) is 0 Å². The van der Waals surface area contributed by atoms with Gasteiger partial charge in [0.15, 0.2) is 17.5 Å². The van der Waals surface area contributed by atoms with E-state index in [4.69, 9.17) is 15.0 Å². The predicted molar refractivity (Wildman–Crippen MR) is 329 cm³/mol. The topological polar surface area (TPSA) is 43.6 Å². The minimum atomic E-state index is 0.576. The average Bonchev–Trinajstić information content (AvgIpc) is 4.07. The third kappa shape index (κ3) is 9.18. The third-order valence-electron chi connectivity index (χ3n) is 15.1. The smallest absolute Gasteiger partial charge is 0.164 e. The Morgan fingerprint density at radius 2 is 0.468 bits per heavy atom. The Morgan fingerprint density at radius 1 is 0.190 bits per heavy atom. The summed E-state index contributed by atoms with van der Waals surface area (Å²) in [6.45, 7) is 0. The average molecular weight is 1010 g/mol. The predicted octanol–water partition coefficient (Wildman–Crippen LogP) is 19.6. The number of fused-ring (bicyclic) bond motifs is 3. The molecule has 0 saturated carbocycles. The van der Waals surface area contributed by atoms with Gasteiger partial charge in [-0.05, 0) is 109 Å². The fourth-order valence-electron chi connectivity index (χ4n) is 11.1. The lowest BCUT2D eigenvalue weighted by Crippen LogP contribution is -2.04. The van der Waals surface area contributed by atoms with Crippen LogP contribution in [-0.2, 0) is 0 Å². The van der Waals surface area contributed by atoms with Gasteiger partial charge in [-0.3, -0.25) is 0 Å². The second-order valence-corrected chi connectivity index (χ2v) is 20.0. The number of hydrogen-bond acceptors (Lipinski definition) is 3. The fourth-order valence-corrected chi connectivity index (χ4v) is 11.1. The molecule has 0 aliphatic rings. The Labute approximate surface area is 460 Å². The number of rotatable bonds is 11. The molecule has 14 aromatic rings. The zero-order valence-electron chi connectivity index (χ0n) is 43.2. The lowest BCUT2D eigenvalue weighted by atomic mass is 9.91. The van der Waals surface area contributed by atoms with Gasteiger partial charge in [0.2, 0.25) is 0 Å². The molecule has 2 aromatic heterocycles. The van der Waals surface area contributed by atoms with Crippen molar-refractivity contribution in [2.45, 2.75) is 0 Å². The molecule has 0 aliphatic carbocycles. The molecule has 0 fully saturated rings. The first kappa shape index (κ1) is 46.9. The van der Waals surface area contributed by atoms with Gasteiger partial charge >= 0.3 is 0 Å². The summed E-state index contributed by atoms with van der Waals surface area (Å²) in [6, 6.07) is 108. The van der Waals surface area contributed by atoms with E-state index in [1.165, 1.54) is 21.9 Å². The summed E-state index contributed by atoms with van der Waals surface area (Å²) in [5, 5.41) is 2.34. The zero-order chi connectivity index (χ0) is 52.5. The lowest BCUT2D eigenvalue weighted by Gasteiger charge is -2.21. The number of aromatic nitrogens is 4. The van der Waals surface area contributed by atoms with Crippen molar-refractivity contribution in [1.29, 1.82) is 0 Å². The molecule has 4 heteroatoms. The maximum absolute atomic E-state index is 5.45. The molecule has 370 valence electrons. The van der Waals surface area contributed by atoms with Crippen LogP contribution in [0.4, 0.5) is 0 Å². The number of nitrogens with zero attached hydrogens (tertiary/aromatic N) is 4. The summed E-state index contributed by atoms with van der Waals surface area (Å²) in [5.74, 6) is 1.77. The van der Waals surface area contributed by atoms with Crippen molar-refractivity contribution in [1.82, 2.24) is 19.5 Å². The first-order valence-corrected chi connectivity index (χ1v) is 26.8. The molecule has 0 saturated heterocycles. The van der Waals surface area contributed by atoms with Gasteiger partial charge in [-0.15, -0.1) is 0 Å². The van der Waals surface area contributed by atoms with E-state index in [0.29, 0.717) is 17.5 Å². The summed E-state index contributed by atoms with van der Waals surface area (Å²) in [5.41, 5.74) is 21.6. The number of benzene rings is 12. The summed E-state index contributed by atoms with van der Waals surface area (Å²) in [4.78, 5) is 16.1. The lowest BCUT2D eigenvalue weighted by molar-refractivity contribution is 1.07. The van der Waals surface area contributed by atoms with Crippen LogP contribution >= 0.6 is 0 Å². The SMILES string of the molecule is c1ccc(-c2ccc(-c3cc(-c4nc(-c5ccccc5)nc(-c5cccc(-c6ccccc6)c5)n4)cc(-c4ccc(-c5ccccc5)cc4)c3-n3c4ccc(-c5ccccc5)cc4c4cc(-c5ccccc5)ccc43)cc2)cc1. The zero-order valence-corrected chi connectivity index (χ0v) is 43.2. The van der Waals surface area contributed by atoms with Crippen LogP contribution in [0.25, 0.3) is 140 Å². The molecule has 0 unspecified atom stereocenters. The monoisotopic (exact) mass is 1010 g/mol. The highest BCUT2D eigenvalue weighted by atomic mass is 15.0. The second kappa shape index (κ2) is 20.5. The molecule has 12 aromatic carbocycles. The van der Waals surface area contributed by atoms with Crippen molar-refractivity contribution in [2.75, 3.05) is 0 Å². The van der Waals surface area contributed by atoms with Crippen LogP contribution in [0.5, 0.6) is 0 Å². The Morgan fingerprint density at radius 3 is 0.873 bits per heavy atom. The van der Waals surface area contributed by atoms with E-state index in [1.54, 1.807) is 0 Å². The van der Waals surface area contributed by atoms with Crippen molar-refractivity contribution in [3.63, 3.8) is 0 Å². The molecule has 14 rings (SSSR count). The molecule has 0 N–H and O–H groups in total. The maximum Gasteiger partial charge on any atom is 0.164 e. The number of hydrogen-bond donors (Lipinski definition) is 0. The standard InChI is InChI=1S/C75H50N4/c1-7-20-51(21-8-1)56-34-38-58(39-35-56)66-49-65(75-77-73(60-30-17-6-18-31-60)76-74(78-75)64-33-19-32-61(46-64)53-24-11-3-12-25-53)50-67(59-40-36-57(37-41-59)52-22-9-2-10-23-52)72(66)79-70-44-42-62(54-26-13-4-14-27-54)47-68(70)69-48-63(43-45-71(69)79)55-28-15-5-16-29-55/h1-50H. The van der Waals surface area contributed by atoms with Crippen LogP contribution in [0.2, 0.25) is 0 Å². The molecule has 0 amide bonds. The summed E-state index contributed by atoms with van der Waals surface area (Å²) < 4.78 is 2.50. The van der Waals surface area contributed by atoms with E-state index in [2.05, 4.69) is 284 Å². The first-order chi connectivity index (χ1) is 39.1. The van der Waals surface area contributed by atoms with Gasteiger partial charge in [-0.25, -0.2) is 15.0 Å². The van der Waals surface area contributed by atoms with Gasteiger partial charge in [0, 0.05) is 38.6 Å². The van der Waals surface area contributed by atoms with Crippen molar-refractivity contribution in [2.24, 2.45) is 0 Å². The van der Waals surface area contributed by atoms with Gasteiger partial charge in [0.25, 0.3) is 0 Å². The molecule has 0 aliphatic heterocycles. The first-order valence-electron chi connectivity index (χ1n) is 26.8.